The quantitative estimate of drug-likeness (QED) is 0.802. The van der Waals surface area contributed by atoms with Crippen LogP contribution in [-0.4, -0.2) is 28.3 Å². The van der Waals surface area contributed by atoms with Crippen molar-refractivity contribution in [3.8, 4) is 0 Å². The molecule has 0 bridgehead atoms. The second kappa shape index (κ2) is 7.06. The third-order valence-electron chi connectivity index (χ3n) is 3.03. The number of nitrogens with one attached hydrogen (secondary N) is 1. The molecule has 0 radical (unpaired) electrons. The molecule has 2 rings (SSSR count). The molecule has 0 aromatic carbocycles. The number of aromatic nitrogens is 2. The molecule has 1 amide bonds. The van der Waals surface area contributed by atoms with Crippen molar-refractivity contribution >= 4 is 44.1 Å². The number of nitrogens with zero attached hydrogens (tertiary/aromatic N) is 2. The first-order chi connectivity index (χ1) is 10.4. The zero-order chi connectivity index (χ0) is 16.3. The van der Waals surface area contributed by atoms with Crippen molar-refractivity contribution in [1.82, 2.24) is 9.78 Å². The van der Waals surface area contributed by atoms with E-state index >= 15 is 0 Å². The average Bonchev–Trinajstić information content (AvgIpc) is 2.94. The van der Waals surface area contributed by atoms with Crippen LogP contribution in [-0.2, 0) is 16.1 Å². The van der Waals surface area contributed by atoms with Crippen LogP contribution in [0.2, 0.25) is 0 Å². The molecule has 1 N–H and O–H groups in total. The van der Waals surface area contributed by atoms with Gasteiger partial charge >= 0.3 is 5.97 Å². The van der Waals surface area contributed by atoms with E-state index < -0.39 is 5.97 Å². The normalized spacial score (nSPS) is 10.5. The second-order valence-corrected chi connectivity index (χ2v) is 6.75. The number of anilines is 1. The van der Waals surface area contributed by atoms with Gasteiger partial charge in [-0.1, -0.05) is 0 Å². The van der Waals surface area contributed by atoms with Crippen LogP contribution < -0.4 is 5.32 Å². The van der Waals surface area contributed by atoms with Gasteiger partial charge in [0.15, 0.2) is 0 Å². The molecule has 0 aliphatic carbocycles. The molecule has 0 saturated heterocycles. The summed E-state index contributed by atoms with van der Waals surface area (Å²) in [5.74, 6) is -0.663. The Kier molecular flexibility index (Phi) is 5.36. The van der Waals surface area contributed by atoms with Crippen LogP contribution in [0, 0.1) is 13.8 Å². The third kappa shape index (κ3) is 3.75. The van der Waals surface area contributed by atoms with E-state index in [-0.39, 0.29) is 12.5 Å². The Labute approximate surface area is 140 Å². The standard InChI is InChI=1S/C14H16BrN3O3S/c1-4-21-14(20)12-8(2)9(3)22-13(12)17-11(19)7-18-6-10(15)5-16-18/h5-6H,4,7H2,1-3H3,(H,17,19). The first kappa shape index (κ1) is 16.7. The zero-order valence-corrected chi connectivity index (χ0v) is 14.9. The van der Waals surface area contributed by atoms with Crippen molar-refractivity contribution in [2.24, 2.45) is 0 Å². The fraction of sp³-hybridized carbons (Fsp3) is 0.357. The highest BCUT2D eigenvalue weighted by atomic mass is 79.9. The number of ether oxygens (including phenoxy) is 1. The van der Waals surface area contributed by atoms with Gasteiger partial charge in [0.05, 0.1) is 22.8 Å². The number of rotatable bonds is 5. The van der Waals surface area contributed by atoms with Crippen molar-refractivity contribution in [2.75, 3.05) is 11.9 Å². The lowest BCUT2D eigenvalue weighted by Crippen LogP contribution is -2.20. The average molecular weight is 386 g/mol. The Bertz CT molecular complexity index is 708. The number of hydrogen-bond donors (Lipinski definition) is 1. The third-order valence-corrected chi connectivity index (χ3v) is 4.56. The molecule has 0 aliphatic rings. The van der Waals surface area contributed by atoms with Crippen LogP contribution in [0.4, 0.5) is 5.00 Å². The molecule has 22 heavy (non-hydrogen) atoms. The lowest BCUT2D eigenvalue weighted by Gasteiger charge is -2.07. The van der Waals surface area contributed by atoms with Gasteiger partial charge in [0, 0.05) is 11.1 Å². The Morgan fingerprint density at radius 3 is 2.77 bits per heavy atom. The van der Waals surface area contributed by atoms with Crippen LogP contribution in [0.5, 0.6) is 0 Å². The van der Waals surface area contributed by atoms with Gasteiger partial charge in [-0.25, -0.2) is 4.79 Å². The van der Waals surface area contributed by atoms with Crippen LogP contribution in [0.1, 0.15) is 27.7 Å². The molecular formula is C14H16BrN3O3S. The summed E-state index contributed by atoms with van der Waals surface area (Å²) in [6, 6.07) is 0. The highest BCUT2D eigenvalue weighted by Crippen LogP contribution is 2.33. The van der Waals surface area contributed by atoms with E-state index in [1.54, 1.807) is 19.3 Å². The molecule has 118 valence electrons. The van der Waals surface area contributed by atoms with Gasteiger partial charge < -0.3 is 10.1 Å². The Balaban J connectivity index is 2.16. The Hall–Kier alpha value is -1.67. The maximum absolute atomic E-state index is 12.1. The van der Waals surface area contributed by atoms with Crippen LogP contribution in [0.3, 0.4) is 0 Å². The fourth-order valence-corrected chi connectivity index (χ4v) is 3.29. The lowest BCUT2D eigenvalue weighted by molar-refractivity contribution is -0.116. The van der Waals surface area contributed by atoms with E-state index in [1.807, 2.05) is 13.8 Å². The van der Waals surface area contributed by atoms with Crippen molar-refractivity contribution in [2.45, 2.75) is 27.3 Å². The molecule has 6 nitrogen and oxygen atoms in total. The van der Waals surface area contributed by atoms with E-state index in [9.17, 15) is 9.59 Å². The highest BCUT2D eigenvalue weighted by molar-refractivity contribution is 9.10. The highest BCUT2D eigenvalue weighted by Gasteiger charge is 2.22. The number of amides is 1. The minimum atomic E-state index is -0.415. The Morgan fingerprint density at radius 1 is 1.45 bits per heavy atom. The molecule has 0 fully saturated rings. The van der Waals surface area contributed by atoms with E-state index in [2.05, 4.69) is 26.3 Å². The molecule has 0 aliphatic heterocycles. The number of halogens is 1. The number of esters is 1. The molecule has 0 spiro atoms. The predicted molar refractivity (Wildman–Crippen MR) is 88.3 cm³/mol. The summed E-state index contributed by atoms with van der Waals surface area (Å²) in [5, 5.41) is 7.32. The lowest BCUT2D eigenvalue weighted by atomic mass is 10.1. The topological polar surface area (TPSA) is 73.2 Å². The van der Waals surface area contributed by atoms with Crippen LogP contribution in [0.15, 0.2) is 16.9 Å². The summed E-state index contributed by atoms with van der Waals surface area (Å²) >= 11 is 4.64. The fourth-order valence-electron chi connectivity index (χ4n) is 1.90. The molecular weight excluding hydrogens is 370 g/mol. The predicted octanol–water partition coefficient (Wildman–Crippen LogP) is 3.14. The molecule has 2 aromatic rings. The summed E-state index contributed by atoms with van der Waals surface area (Å²) in [6.45, 7) is 5.87. The summed E-state index contributed by atoms with van der Waals surface area (Å²) in [5.41, 5.74) is 1.26. The monoisotopic (exact) mass is 385 g/mol. The number of carbonyl (C=O) groups is 2. The number of thiophene rings is 1. The molecule has 0 atom stereocenters. The smallest absolute Gasteiger partial charge is 0.341 e. The number of hydrogen-bond acceptors (Lipinski definition) is 5. The zero-order valence-electron chi connectivity index (χ0n) is 12.5. The molecule has 2 heterocycles. The van der Waals surface area contributed by atoms with Gasteiger partial charge in [0.1, 0.15) is 11.5 Å². The maximum atomic E-state index is 12.1. The summed E-state index contributed by atoms with van der Waals surface area (Å²) in [6.07, 6.45) is 3.31. The number of carbonyl (C=O) groups excluding carboxylic acids is 2. The first-order valence-corrected chi connectivity index (χ1v) is 8.28. The van der Waals surface area contributed by atoms with Crippen molar-refractivity contribution < 1.29 is 14.3 Å². The molecule has 2 aromatic heterocycles. The van der Waals surface area contributed by atoms with E-state index in [0.717, 1.165) is 14.9 Å². The minimum absolute atomic E-state index is 0.0733. The summed E-state index contributed by atoms with van der Waals surface area (Å²) < 4.78 is 7.37. The largest absolute Gasteiger partial charge is 0.462 e. The summed E-state index contributed by atoms with van der Waals surface area (Å²) in [4.78, 5) is 25.1. The van der Waals surface area contributed by atoms with Crippen molar-refractivity contribution in [3.05, 3.63) is 32.9 Å². The van der Waals surface area contributed by atoms with Crippen molar-refractivity contribution in [3.63, 3.8) is 0 Å². The van der Waals surface area contributed by atoms with Gasteiger partial charge in [-0.05, 0) is 42.3 Å². The van der Waals surface area contributed by atoms with E-state index in [4.69, 9.17) is 4.74 Å². The first-order valence-electron chi connectivity index (χ1n) is 6.67. The summed E-state index contributed by atoms with van der Waals surface area (Å²) in [7, 11) is 0. The van der Waals surface area contributed by atoms with Gasteiger partial charge in [0.2, 0.25) is 5.91 Å². The Morgan fingerprint density at radius 2 is 2.18 bits per heavy atom. The second-order valence-electron chi connectivity index (χ2n) is 4.61. The van der Waals surface area contributed by atoms with Gasteiger partial charge in [0.25, 0.3) is 0 Å². The van der Waals surface area contributed by atoms with Crippen molar-refractivity contribution in [1.29, 1.82) is 0 Å². The van der Waals surface area contributed by atoms with E-state index in [1.165, 1.54) is 16.0 Å². The van der Waals surface area contributed by atoms with E-state index in [0.29, 0.717) is 17.2 Å². The number of aryl methyl sites for hydroxylation is 1. The van der Waals surface area contributed by atoms with Gasteiger partial charge in [-0.2, -0.15) is 5.10 Å². The SMILES string of the molecule is CCOC(=O)c1c(NC(=O)Cn2cc(Br)cn2)sc(C)c1C. The van der Waals surface area contributed by atoms with Gasteiger partial charge in [-0.15, -0.1) is 11.3 Å². The molecule has 0 unspecified atom stereocenters. The van der Waals surface area contributed by atoms with Crippen LogP contribution in [0.25, 0.3) is 0 Å². The maximum Gasteiger partial charge on any atom is 0.341 e. The molecule has 8 heteroatoms. The molecule has 0 saturated carbocycles. The minimum Gasteiger partial charge on any atom is -0.462 e. The van der Waals surface area contributed by atoms with Crippen LogP contribution >= 0.6 is 27.3 Å². The van der Waals surface area contributed by atoms with Gasteiger partial charge in [-0.3, -0.25) is 9.48 Å².